The Bertz CT molecular complexity index is 843. The summed E-state index contributed by atoms with van der Waals surface area (Å²) in [6, 6.07) is 4.60. The Balaban J connectivity index is 2.09. The van der Waals surface area contributed by atoms with Crippen LogP contribution in [0.15, 0.2) is 36.8 Å². The molecule has 0 amide bonds. The summed E-state index contributed by atoms with van der Waals surface area (Å²) >= 11 is 0. The first-order valence-corrected chi connectivity index (χ1v) is 6.07. The van der Waals surface area contributed by atoms with Crippen molar-refractivity contribution in [3.63, 3.8) is 0 Å². The van der Waals surface area contributed by atoms with Crippen molar-refractivity contribution in [1.82, 2.24) is 14.4 Å². The summed E-state index contributed by atoms with van der Waals surface area (Å²) < 4.78 is 7.34. The number of hydrogen-bond acceptors (Lipinski definition) is 6. The fourth-order valence-electron chi connectivity index (χ4n) is 2.01. The van der Waals surface area contributed by atoms with E-state index in [1.807, 2.05) is 0 Å². The standard InChI is InChI=1S/C13H11N5O3/c1-8-9(18(19)20)3-2-4-10(8)21-13-12-15-5-6-17(12)7-11(14)16-13/h2-7H,14H2,1H3. The minimum absolute atomic E-state index is 0.0178. The number of aromatic nitrogens is 3. The molecule has 0 aliphatic heterocycles. The van der Waals surface area contributed by atoms with E-state index in [2.05, 4.69) is 9.97 Å². The minimum Gasteiger partial charge on any atom is -0.435 e. The lowest BCUT2D eigenvalue weighted by Crippen LogP contribution is -2.00. The molecule has 2 heterocycles. The van der Waals surface area contributed by atoms with E-state index >= 15 is 0 Å². The van der Waals surface area contributed by atoms with Gasteiger partial charge in [0.05, 0.1) is 16.7 Å². The molecule has 3 rings (SSSR count). The average molecular weight is 285 g/mol. The zero-order chi connectivity index (χ0) is 15.0. The van der Waals surface area contributed by atoms with Crippen molar-refractivity contribution in [3.8, 4) is 11.6 Å². The zero-order valence-corrected chi connectivity index (χ0v) is 11.1. The van der Waals surface area contributed by atoms with E-state index in [1.54, 1.807) is 42.0 Å². The lowest BCUT2D eigenvalue weighted by molar-refractivity contribution is -0.385. The molecule has 0 bridgehead atoms. The number of nitro benzene ring substituents is 1. The van der Waals surface area contributed by atoms with E-state index in [1.165, 1.54) is 6.07 Å². The van der Waals surface area contributed by atoms with Gasteiger partial charge in [-0.1, -0.05) is 6.07 Å². The van der Waals surface area contributed by atoms with Gasteiger partial charge in [0.2, 0.25) is 5.65 Å². The van der Waals surface area contributed by atoms with Gasteiger partial charge in [-0.3, -0.25) is 14.5 Å². The maximum absolute atomic E-state index is 10.9. The summed E-state index contributed by atoms with van der Waals surface area (Å²) in [5, 5.41) is 10.9. The molecule has 8 heteroatoms. The van der Waals surface area contributed by atoms with Gasteiger partial charge in [0.15, 0.2) is 0 Å². The minimum atomic E-state index is -0.458. The maximum atomic E-state index is 10.9. The molecule has 0 saturated carbocycles. The van der Waals surface area contributed by atoms with Crippen molar-refractivity contribution in [2.75, 3.05) is 5.73 Å². The van der Waals surface area contributed by atoms with Crippen LogP contribution in [0.4, 0.5) is 11.5 Å². The van der Waals surface area contributed by atoms with Gasteiger partial charge in [-0.15, -0.1) is 0 Å². The van der Waals surface area contributed by atoms with Crippen molar-refractivity contribution < 1.29 is 9.66 Å². The van der Waals surface area contributed by atoms with Gasteiger partial charge in [-0.05, 0) is 13.0 Å². The van der Waals surface area contributed by atoms with Gasteiger partial charge in [0.1, 0.15) is 11.6 Å². The second-order valence-electron chi connectivity index (χ2n) is 4.39. The molecular weight excluding hydrogens is 274 g/mol. The van der Waals surface area contributed by atoms with Gasteiger partial charge in [0, 0.05) is 18.5 Å². The molecule has 0 radical (unpaired) electrons. The van der Waals surface area contributed by atoms with Gasteiger partial charge in [-0.25, -0.2) is 4.98 Å². The van der Waals surface area contributed by atoms with E-state index in [4.69, 9.17) is 10.5 Å². The van der Waals surface area contributed by atoms with E-state index in [-0.39, 0.29) is 17.4 Å². The number of nitro groups is 1. The number of imidazole rings is 1. The number of fused-ring (bicyclic) bond motifs is 1. The number of anilines is 1. The summed E-state index contributed by atoms with van der Waals surface area (Å²) in [6.45, 7) is 1.61. The lowest BCUT2D eigenvalue weighted by Gasteiger charge is -2.09. The molecular formula is C13H11N5O3. The SMILES string of the molecule is Cc1c(Oc2nc(N)cn3ccnc23)cccc1[N+](=O)[O-]. The second-order valence-corrected chi connectivity index (χ2v) is 4.39. The molecule has 2 N–H and O–H groups in total. The number of ether oxygens (including phenoxy) is 1. The largest absolute Gasteiger partial charge is 0.435 e. The van der Waals surface area contributed by atoms with Crippen molar-refractivity contribution in [3.05, 3.63) is 52.5 Å². The highest BCUT2D eigenvalue weighted by atomic mass is 16.6. The predicted octanol–water partition coefficient (Wildman–Crippen LogP) is 2.32. The molecule has 0 fully saturated rings. The zero-order valence-electron chi connectivity index (χ0n) is 11.1. The highest BCUT2D eigenvalue weighted by Crippen LogP contribution is 2.31. The van der Waals surface area contributed by atoms with E-state index in [0.29, 0.717) is 17.0 Å². The van der Waals surface area contributed by atoms with Crippen LogP contribution in [0.1, 0.15) is 5.56 Å². The van der Waals surface area contributed by atoms with Crippen LogP contribution in [0, 0.1) is 17.0 Å². The Kier molecular flexibility index (Phi) is 2.90. The summed E-state index contributed by atoms with van der Waals surface area (Å²) in [5.41, 5.74) is 6.58. The first-order chi connectivity index (χ1) is 10.1. The van der Waals surface area contributed by atoms with Gasteiger partial charge in [0.25, 0.3) is 11.6 Å². The molecule has 0 aliphatic rings. The number of hydrogen-bond donors (Lipinski definition) is 1. The molecule has 8 nitrogen and oxygen atoms in total. The lowest BCUT2D eigenvalue weighted by atomic mass is 10.2. The quantitative estimate of drug-likeness (QED) is 0.584. The molecule has 3 aromatic rings. The van der Waals surface area contributed by atoms with Crippen LogP contribution < -0.4 is 10.5 Å². The highest BCUT2D eigenvalue weighted by Gasteiger charge is 2.16. The number of benzene rings is 1. The van der Waals surface area contributed by atoms with Crippen LogP contribution in [0.2, 0.25) is 0 Å². The van der Waals surface area contributed by atoms with Crippen LogP contribution in [0.5, 0.6) is 11.6 Å². The van der Waals surface area contributed by atoms with E-state index in [0.717, 1.165) is 0 Å². The van der Waals surface area contributed by atoms with Crippen molar-refractivity contribution in [1.29, 1.82) is 0 Å². The fraction of sp³-hybridized carbons (Fsp3) is 0.0769. The van der Waals surface area contributed by atoms with Crippen molar-refractivity contribution in [2.45, 2.75) is 6.92 Å². The Hall–Kier alpha value is -3.16. The summed E-state index contributed by atoms with van der Waals surface area (Å²) in [5.74, 6) is 0.800. The van der Waals surface area contributed by atoms with Crippen LogP contribution in [-0.2, 0) is 0 Å². The molecule has 1 aromatic carbocycles. The number of nitrogens with two attached hydrogens (primary N) is 1. The molecule has 106 valence electrons. The smallest absolute Gasteiger partial charge is 0.276 e. The Morgan fingerprint density at radius 2 is 2.24 bits per heavy atom. The third-order valence-electron chi connectivity index (χ3n) is 3.02. The molecule has 0 atom stereocenters. The van der Waals surface area contributed by atoms with Crippen molar-refractivity contribution >= 4 is 17.2 Å². The predicted molar refractivity (Wildman–Crippen MR) is 75.3 cm³/mol. The number of rotatable bonds is 3. The van der Waals surface area contributed by atoms with Gasteiger partial charge < -0.3 is 10.5 Å². The van der Waals surface area contributed by atoms with Gasteiger partial charge >= 0.3 is 0 Å². The first kappa shape index (κ1) is 12.9. The van der Waals surface area contributed by atoms with Crippen molar-refractivity contribution in [2.24, 2.45) is 0 Å². The molecule has 2 aromatic heterocycles. The Labute approximate surface area is 119 Å². The second kappa shape index (κ2) is 4.75. The molecule has 0 aliphatic carbocycles. The average Bonchev–Trinajstić information content (AvgIpc) is 2.88. The first-order valence-electron chi connectivity index (χ1n) is 6.07. The maximum Gasteiger partial charge on any atom is 0.276 e. The van der Waals surface area contributed by atoms with Crippen LogP contribution in [0.3, 0.4) is 0 Å². The molecule has 21 heavy (non-hydrogen) atoms. The number of nitrogen functional groups attached to an aromatic ring is 1. The topological polar surface area (TPSA) is 109 Å². The Morgan fingerprint density at radius 1 is 1.43 bits per heavy atom. The highest BCUT2D eigenvalue weighted by molar-refractivity contribution is 5.56. The van der Waals surface area contributed by atoms with E-state index < -0.39 is 4.92 Å². The van der Waals surface area contributed by atoms with Crippen LogP contribution in [0.25, 0.3) is 5.65 Å². The molecule has 0 unspecified atom stereocenters. The van der Waals surface area contributed by atoms with Crippen LogP contribution in [-0.4, -0.2) is 19.3 Å². The third kappa shape index (κ3) is 2.22. The van der Waals surface area contributed by atoms with Crippen LogP contribution >= 0.6 is 0 Å². The number of nitrogens with zero attached hydrogens (tertiary/aromatic N) is 4. The molecule has 0 spiro atoms. The monoisotopic (exact) mass is 285 g/mol. The Morgan fingerprint density at radius 3 is 3.00 bits per heavy atom. The normalized spacial score (nSPS) is 10.7. The fourth-order valence-corrected chi connectivity index (χ4v) is 2.01. The molecule has 0 saturated heterocycles. The summed E-state index contributed by atoms with van der Waals surface area (Å²) in [4.78, 5) is 18.7. The summed E-state index contributed by atoms with van der Waals surface area (Å²) in [7, 11) is 0. The third-order valence-corrected chi connectivity index (χ3v) is 3.02. The van der Waals surface area contributed by atoms with Gasteiger partial charge in [-0.2, -0.15) is 4.98 Å². The summed E-state index contributed by atoms with van der Waals surface area (Å²) in [6.07, 6.45) is 4.90. The van der Waals surface area contributed by atoms with E-state index in [9.17, 15) is 10.1 Å².